The van der Waals surface area contributed by atoms with Crippen LogP contribution in [0, 0.1) is 25.2 Å². The maximum atomic E-state index is 8.98. The van der Waals surface area contributed by atoms with Gasteiger partial charge in [-0.05, 0) is 37.1 Å². The first kappa shape index (κ1) is 16.9. The number of nitrogens with zero attached hydrogens (tertiary/aromatic N) is 3. The Bertz CT molecular complexity index is 888. The van der Waals surface area contributed by atoms with E-state index in [1.54, 1.807) is 0 Å². The van der Waals surface area contributed by atoms with Crippen molar-refractivity contribution in [3.63, 3.8) is 0 Å². The Kier molecular flexibility index (Phi) is 5.27. The fraction of sp³-hybridized carbons (Fsp3) is 0.238. The van der Waals surface area contributed by atoms with Crippen LogP contribution in [0.15, 0.2) is 54.6 Å². The first-order valence-electron chi connectivity index (χ1n) is 8.44. The predicted octanol–water partition coefficient (Wildman–Crippen LogP) is 3.71. The second-order valence-corrected chi connectivity index (χ2v) is 6.21. The van der Waals surface area contributed by atoms with Gasteiger partial charge in [-0.25, -0.2) is 0 Å². The summed E-state index contributed by atoms with van der Waals surface area (Å²) in [4.78, 5) is 0. The fourth-order valence-electron chi connectivity index (χ4n) is 2.98. The molecule has 0 atom stereocenters. The fourth-order valence-corrected chi connectivity index (χ4v) is 2.98. The van der Waals surface area contributed by atoms with Crippen molar-refractivity contribution in [2.45, 2.75) is 33.5 Å². The summed E-state index contributed by atoms with van der Waals surface area (Å²) >= 11 is 0. The van der Waals surface area contributed by atoms with Gasteiger partial charge in [-0.3, -0.25) is 4.68 Å². The molecule has 25 heavy (non-hydrogen) atoms. The molecule has 0 aliphatic rings. The molecule has 0 saturated heterocycles. The van der Waals surface area contributed by atoms with Crippen LogP contribution in [0.4, 0.5) is 0 Å². The molecule has 3 aromatic rings. The van der Waals surface area contributed by atoms with Gasteiger partial charge in [0, 0.05) is 24.3 Å². The zero-order valence-electron chi connectivity index (χ0n) is 14.7. The van der Waals surface area contributed by atoms with E-state index >= 15 is 0 Å². The molecule has 0 fully saturated rings. The second kappa shape index (κ2) is 7.78. The molecule has 0 spiro atoms. The lowest BCUT2D eigenvalue weighted by atomic mass is 10.1. The number of nitrogens with one attached hydrogen (secondary N) is 1. The lowest BCUT2D eigenvalue weighted by Crippen LogP contribution is -2.14. The summed E-state index contributed by atoms with van der Waals surface area (Å²) in [7, 11) is 0. The van der Waals surface area contributed by atoms with E-state index in [0.29, 0.717) is 5.56 Å². The smallest absolute Gasteiger partial charge is 0.0991 e. The van der Waals surface area contributed by atoms with Gasteiger partial charge in [0.1, 0.15) is 0 Å². The SMILES string of the molecule is Cc1nn(Cc2ccccc2)c(C)c1CNCc1cccc(C#N)c1. The summed E-state index contributed by atoms with van der Waals surface area (Å²) in [5, 5.41) is 17.1. The average molecular weight is 330 g/mol. The summed E-state index contributed by atoms with van der Waals surface area (Å²) < 4.78 is 2.07. The number of nitriles is 1. The van der Waals surface area contributed by atoms with Crippen LogP contribution in [-0.4, -0.2) is 9.78 Å². The van der Waals surface area contributed by atoms with Crippen molar-refractivity contribution in [3.05, 3.63) is 88.2 Å². The molecular formula is C21H22N4. The monoisotopic (exact) mass is 330 g/mol. The van der Waals surface area contributed by atoms with E-state index in [4.69, 9.17) is 10.4 Å². The highest BCUT2D eigenvalue weighted by molar-refractivity contribution is 5.33. The van der Waals surface area contributed by atoms with Crippen LogP contribution in [0.5, 0.6) is 0 Å². The second-order valence-electron chi connectivity index (χ2n) is 6.21. The van der Waals surface area contributed by atoms with Crippen molar-refractivity contribution in [2.24, 2.45) is 0 Å². The highest BCUT2D eigenvalue weighted by atomic mass is 15.3. The zero-order chi connectivity index (χ0) is 17.6. The number of aromatic nitrogens is 2. The molecule has 4 heteroatoms. The Labute approximate surface area is 148 Å². The summed E-state index contributed by atoms with van der Waals surface area (Å²) in [6.07, 6.45) is 0. The van der Waals surface area contributed by atoms with Crippen LogP contribution in [-0.2, 0) is 19.6 Å². The summed E-state index contributed by atoms with van der Waals surface area (Å²) in [6.45, 7) is 6.47. The lowest BCUT2D eigenvalue weighted by molar-refractivity contribution is 0.653. The molecule has 0 amide bonds. The highest BCUT2D eigenvalue weighted by Gasteiger charge is 2.11. The van der Waals surface area contributed by atoms with Crippen molar-refractivity contribution in [1.29, 1.82) is 5.26 Å². The van der Waals surface area contributed by atoms with Gasteiger partial charge in [0.15, 0.2) is 0 Å². The van der Waals surface area contributed by atoms with Gasteiger partial charge < -0.3 is 5.32 Å². The number of hydrogen-bond donors (Lipinski definition) is 1. The number of rotatable bonds is 6. The molecule has 0 aliphatic heterocycles. The van der Waals surface area contributed by atoms with Crippen LogP contribution in [0.3, 0.4) is 0 Å². The van der Waals surface area contributed by atoms with Crippen LogP contribution in [0.1, 0.15) is 33.6 Å². The quantitative estimate of drug-likeness (QED) is 0.749. The van der Waals surface area contributed by atoms with Gasteiger partial charge in [0.05, 0.1) is 23.9 Å². The van der Waals surface area contributed by atoms with Crippen molar-refractivity contribution < 1.29 is 0 Å². The normalized spacial score (nSPS) is 10.6. The van der Waals surface area contributed by atoms with Gasteiger partial charge in [-0.1, -0.05) is 42.5 Å². The minimum Gasteiger partial charge on any atom is -0.308 e. The highest BCUT2D eigenvalue weighted by Crippen LogP contribution is 2.15. The maximum Gasteiger partial charge on any atom is 0.0991 e. The van der Waals surface area contributed by atoms with E-state index in [1.165, 1.54) is 16.8 Å². The molecule has 0 saturated carbocycles. The number of benzene rings is 2. The standard InChI is InChI=1S/C21H22N4/c1-16-21(14-23-13-20-10-6-9-19(11-20)12-22)17(2)25(24-16)15-18-7-4-3-5-8-18/h3-11,23H,13-15H2,1-2H3. The summed E-state index contributed by atoms with van der Waals surface area (Å²) in [5.74, 6) is 0. The molecular weight excluding hydrogens is 308 g/mol. The summed E-state index contributed by atoms with van der Waals surface area (Å²) in [6, 6.07) is 20.3. The molecule has 126 valence electrons. The Morgan fingerprint density at radius 2 is 1.76 bits per heavy atom. The number of hydrogen-bond acceptors (Lipinski definition) is 3. The third kappa shape index (κ3) is 4.14. The van der Waals surface area contributed by atoms with Crippen molar-refractivity contribution in [2.75, 3.05) is 0 Å². The number of aryl methyl sites for hydroxylation is 1. The molecule has 0 bridgehead atoms. The Balaban J connectivity index is 1.65. The van der Waals surface area contributed by atoms with Gasteiger partial charge in [0.2, 0.25) is 0 Å². The lowest BCUT2D eigenvalue weighted by Gasteiger charge is -2.07. The summed E-state index contributed by atoms with van der Waals surface area (Å²) in [5.41, 5.74) is 6.56. The van der Waals surface area contributed by atoms with Crippen molar-refractivity contribution in [3.8, 4) is 6.07 Å². The van der Waals surface area contributed by atoms with E-state index in [-0.39, 0.29) is 0 Å². The predicted molar refractivity (Wildman–Crippen MR) is 98.9 cm³/mol. The van der Waals surface area contributed by atoms with E-state index < -0.39 is 0 Å². The minimum absolute atomic E-state index is 0.697. The molecule has 1 N–H and O–H groups in total. The van der Waals surface area contributed by atoms with E-state index in [0.717, 1.165) is 30.9 Å². The van der Waals surface area contributed by atoms with Crippen molar-refractivity contribution >= 4 is 0 Å². The Morgan fingerprint density at radius 1 is 1.00 bits per heavy atom. The first-order chi connectivity index (χ1) is 12.2. The third-order valence-corrected chi connectivity index (χ3v) is 4.39. The van der Waals surface area contributed by atoms with Gasteiger partial charge in [-0.2, -0.15) is 10.4 Å². The maximum absolute atomic E-state index is 8.98. The van der Waals surface area contributed by atoms with Crippen LogP contribution >= 0.6 is 0 Å². The zero-order valence-corrected chi connectivity index (χ0v) is 14.7. The largest absolute Gasteiger partial charge is 0.308 e. The molecule has 3 rings (SSSR count). The molecule has 4 nitrogen and oxygen atoms in total. The van der Waals surface area contributed by atoms with Gasteiger partial charge in [0.25, 0.3) is 0 Å². The molecule has 0 radical (unpaired) electrons. The molecule has 1 aromatic heterocycles. The van der Waals surface area contributed by atoms with E-state index in [9.17, 15) is 0 Å². The topological polar surface area (TPSA) is 53.6 Å². The van der Waals surface area contributed by atoms with Crippen molar-refractivity contribution in [1.82, 2.24) is 15.1 Å². The van der Waals surface area contributed by atoms with E-state index in [1.807, 2.05) is 30.3 Å². The molecule has 2 aromatic carbocycles. The Hall–Kier alpha value is -2.90. The molecule has 0 unspecified atom stereocenters. The molecule has 0 aliphatic carbocycles. The van der Waals surface area contributed by atoms with Crippen LogP contribution in [0.2, 0.25) is 0 Å². The van der Waals surface area contributed by atoms with Crippen LogP contribution < -0.4 is 5.32 Å². The minimum atomic E-state index is 0.697. The van der Waals surface area contributed by atoms with Gasteiger partial charge in [-0.15, -0.1) is 0 Å². The first-order valence-corrected chi connectivity index (χ1v) is 8.44. The Morgan fingerprint density at radius 3 is 2.52 bits per heavy atom. The van der Waals surface area contributed by atoms with Crippen LogP contribution in [0.25, 0.3) is 0 Å². The van der Waals surface area contributed by atoms with E-state index in [2.05, 4.69) is 54.2 Å². The average Bonchev–Trinajstić information content (AvgIpc) is 2.90. The third-order valence-electron chi connectivity index (χ3n) is 4.39. The molecule has 1 heterocycles. The van der Waals surface area contributed by atoms with Gasteiger partial charge >= 0.3 is 0 Å².